The number of nitrogens with zero attached hydrogens (tertiary/aromatic N) is 1. The molecule has 4 heteroatoms. The Morgan fingerprint density at radius 3 is 2.75 bits per heavy atom. The van der Waals surface area contributed by atoms with Gasteiger partial charge in [-0.15, -0.1) is 0 Å². The van der Waals surface area contributed by atoms with Gasteiger partial charge in [-0.1, -0.05) is 32.0 Å². The van der Waals surface area contributed by atoms with Crippen LogP contribution in [0.3, 0.4) is 0 Å². The van der Waals surface area contributed by atoms with Crippen molar-refractivity contribution in [1.29, 1.82) is 0 Å². The zero-order valence-corrected chi connectivity index (χ0v) is 11.9. The number of nitrogens with one attached hydrogen (secondary N) is 1. The topological polar surface area (TPSA) is 51.2 Å². The number of fused-ring (bicyclic) bond motifs is 1. The van der Waals surface area contributed by atoms with Gasteiger partial charge in [0, 0.05) is 17.6 Å². The van der Waals surface area contributed by atoms with Gasteiger partial charge in [0.1, 0.15) is 11.3 Å². The number of benzene rings is 1. The molecule has 106 valence electrons. The van der Waals surface area contributed by atoms with Crippen LogP contribution < -0.4 is 10.1 Å². The van der Waals surface area contributed by atoms with Crippen molar-refractivity contribution >= 4 is 16.8 Å². The number of carbonyl (C=O) groups excluding carboxylic acids is 1. The Morgan fingerprint density at radius 1 is 1.25 bits per heavy atom. The average molecular weight is 272 g/mol. The number of carbonyl (C=O) groups is 1. The second-order valence-corrected chi connectivity index (χ2v) is 4.70. The molecule has 0 saturated carbocycles. The Bertz CT molecular complexity index is 574. The molecule has 0 unspecified atom stereocenters. The zero-order valence-electron chi connectivity index (χ0n) is 11.9. The van der Waals surface area contributed by atoms with Crippen LogP contribution in [0.1, 0.15) is 26.7 Å². The number of pyridine rings is 1. The molecule has 0 saturated heterocycles. The first-order valence-corrected chi connectivity index (χ1v) is 7.00. The molecule has 0 bridgehead atoms. The molecule has 0 fully saturated rings. The summed E-state index contributed by atoms with van der Waals surface area (Å²) in [6.07, 6.45) is 3.58. The third kappa shape index (κ3) is 3.47. The van der Waals surface area contributed by atoms with E-state index in [0.717, 1.165) is 23.7 Å². The van der Waals surface area contributed by atoms with Crippen molar-refractivity contribution in [2.24, 2.45) is 0 Å². The van der Waals surface area contributed by atoms with Gasteiger partial charge in [-0.25, -0.2) is 0 Å². The Morgan fingerprint density at radius 2 is 2.00 bits per heavy atom. The molecule has 0 radical (unpaired) electrons. The van der Waals surface area contributed by atoms with Gasteiger partial charge >= 0.3 is 0 Å². The van der Waals surface area contributed by atoms with Crippen molar-refractivity contribution in [1.82, 2.24) is 10.3 Å². The monoisotopic (exact) mass is 272 g/mol. The lowest BCUT2D eigenvalue weighted by atomic mass is 10.2. The van der Waals surface area contributed by atoms with Gasteiger partial charge < -0.3 is 10.1 Å². The van der Waals surface area contributed by atoms with Gasteiger partial charge in [-0.05, 0) is 25.0 Å². The van der Waals surface area contributed by atoms with Crippen LogP contribution in [0.4, 0.5) is 0 Å². The van der Waals surface area contributed by atoms with E-state index in [9.17, 15) is 4.79 Å². The van der Waals surface area contributed by atoms with Gasteiger partial charge in [-0.2, -0.15) is 0 Å². The van der Waals surface area contributed by atoms with Crippen LogP contribution in [0, 0.1) is 0 Å². The van der Waals surface area contributed by atoms with Crippen LogP contribution >= 0.6 is 0 Å². The van der Waals surface area contributed by atoms with Crippen molar-refractivity contribution < 1.29 is 9.53 Å². The maximum Gasteiger partial charge on any atom is 0.258 e. The molecule has 0 aliphatic heterocycles. The maximum absolute atomic E-state index is 11.8. The van der Waals surface area contributed by atoms with Crippen LogP contribution in [0.25, 0.3) is 10.9 Å². The fraction of sp³-hybridized carbons (Fsp3) is 0.375. The molecule has 20 heavy (non-hydrogen) atoms. The number of ether oxygens (including phenoxy) is 1. The van der Waals surface area contributed by atoms with Crippen LogP contribution in [0.15, 0.2) is 36.5 Å². The highest BCUT2D eigenvalue weighted by Gasteiger charge is 2.10. The second kappa shape index (κ2) is 6.89. The van der Waals surface area contributed by atoms with Gasteiger partial charge in [0.15, 0.2) is 6.61 Å². The molecule has 0 aliphatic carbocycles. The molecule has 1 N–H and O–H groups in total. The third-order valence-electron chi connectivity index (χ3n) is 3.31. The van der Waals surface area contributed by atoms with Crippen LogP contribution in [-0.4, -0.2) is 23.5 Å². The van der Waals surface area contributed by atoms with E-state index < -0.39 is 0 Å². The van der Waals surface area contributed by atoms with Gasteiger partial charge in [0.05, 0.1) is 0 Å². The van der Waals surface area contributed by atoms with Crippen LogP contribution in [0.2, 0.25) is 0 Å². The predicted molar refractivity (Wildman–Crippen MR) is 79.8 cm³/mol. The first kappa shape index (κ1) is 14.3. The number of hydrogen-bond acceptors (Lipinski definition) is 3. The summed E-state index contributed by atoms with van der Waals surface area (Å²) < 4.78 is 5.60. The Hall–Kier alpha value is -2.10. The SMILES string of the molecule is CCC(CC)NC(=O)COc1cccc2cccnc12. The summed E-state index contributed by atoms with van der Waals surface area (Å²) in [6.45, 7) is 4.14. The van der Waals surface area contributed by atoms with E-state index in [4.69, 9.17) is 4.74 Å². The van der Waals surface area contributed by atoms with Crippen molar-refractivity contribution in [3.05, 3.63) is 36.5 Å². The summed E-state index contributed by atoms with van der Waals surface area (Å²) in [5, 5.41) is 3.96. The Balaban J connectivity index is 2.01. The van der Waals surface area contributed by atoms with E-state index in [1.165, 1.54) is 0 Å². The molecule has 0 spiro atoms. The fourth-order valence-corrected chi connectivity index (χ4v) is 2.10. The van der Waals surface area contributed by atoms with Gasteiger partial charge in [0.2, 0.25) is 0 Å². The highest BCUT2D eigenvalue weighted by atomic mass is 16.5. The molecule has 0 aliphatic rings. The minimum atomic E-state index is -0.0911. The molecular weight excluding hydrogens is 252 g/mol. The first-order chi connectivity index (χ1) is 9.74. The summed E-state index contributed by atoms with van der Waals surface area (Å²) >= 11 is 0. The lowest BCUT2D eigenvalue weighted by molar-refractivity contribution is -0.123. The molecule has 0 atom stereocenters. The number of para-hydroxylation sites is 1. The second-order valence-electron chi connectivity index (χ2n) is 4.70. The Kier molecular flexibility index (Phi) is 4.93. The molecule has 1 heterocycles. The molecule has 4 nitrogen and oxygen atoms in total. The van der Waals surface area contributed by atoms with Crippen molar-refractivity contribution in [2.45, 2.75) is 32.7 Å². The summed E-state index contributed by atoms with van der Waals surface area (Å²) in [5.41, 5.74) is 0.783. The minimum Gasteiger partial charge on any atom is -0.481 e. The number of rotatable bonds is 6. The van der Waals surface area contributed by atoms with Crippen molar-refractivity contribution in [3.63, 3.8) is 0 Å². The van der Waals surface area contributed by atoms with E-state index in [1.54, 1.807) is 6.20 Å². The molecule has 2 aromatic rings. The highest BCUT2D eigenvalue weighted by molar-refractivity contribution is 5.85. The summed E-state index contributed by atoms with van der Waals surface area (Å²) in [4.78, 5) is 16.1. The number of hydrogen-bond donors (Lipinski definition) is 1. The van der Waals surface area contributed by atoms with Crippen LogP contribution in [0.5, 0.6) is 5.75 Å². The smallest absolute Gasteiger partial charge is 0.258 e. The molecule has 2 rings (SSSR count). The van der Waals surface area contributed by atoms with Gasteiger partial charge in [-0.3, -0.25) is 9.78 Å². The van der Waals surface area contributed by atoms with Crippen LogP contribution in [-0.2, 0) is 4.79 Å². The standard InChI is InChI=1S/C16H20N2O2/c1-3-13(4-2)18-15(19)11-20-14-9-5-7-12-8-6-10-17-16(12)14/h5-10,13H,3-4,11H2,1-2H3,(H,18,19). The lowest BCUT2D eigenvalue weighted by Gasteiger charge is -2.15. The summed E-state index contributed by atoms with van der Waals surface area (Å²) in [5.74, 6) is 0.550. The normalized spacial score (nSPS) is 10.8. The zero-order chi connectivity index (χ0) is 14.4. The molecule has 1 aromatic carbocycles. The van der Waals surface area contributed by atoms with Crippen molar-refractivity contribution in [2.75, 3.05) is 6.61 Å². The van der Waals surface area contributed by atoms with E-state index >= 15 is 0 Å². The highest BCUT2D eigenvalue weighted by Crippen LogP contribution is 2.22. The predicted octanol–water partition coefficient (Wildman–Crippen LogP) is 2.92. The van der Waals surface area contributed by atoms with E-state index in [0.29, 0.717) is 5.75 Å². The van der Waals surface area contributed by atoms with E-state index in [1.807, 2.05) is 30.3 Å². The summed E-state index contributed by atoms with van der Waals surface area (Å²) in [7, 11) is 0. The maximum atomic E-state index is 11.8. The van der Waals surface area contributed by atoms with E-state index in [2.05, 4.69) is 24.1 Å². The molecule has 1 amide bonds. The van der Waals surface area contributed by atoms with E-state index in [-0.39, 0.29) is 18.6 Å². The third-order valence-corrected chi connectivity index (χ3v) is 3.31. The fourth-order valence-electron chi connectivity index (χ4n) is 2.10. The number of aromatic nitrogens is 1. The Labute approximate surface area is 119 Å². The van der Waals surface area contributed by atoms with Gasteiger partial charge in [0.25, 0.3) is 5.91 Å². The minimum absolute atomic E-state index is 0.0200. The number of amides is 1. The molecule has 1 aromatic heterocycles. The average Bonchev–Trinajstić information content (AvgIpc) is 2.50. The largest absolute Gasteiger partial charge is 0.481 e. The molecular formula is C16H20N2O2. The summed E-state index contributed by atoms with van der Waals surface area (Å²) in [6, 6.07) is 9.78. The quantitative estimate of drug-likeness (QED) is 0.879. The lowest BCUT2D eigenvalue weighted by Crippen LogP contribution is -2.37. The first-order valence-electron chi connectivity index (χ1n) is 7.00. The van der Waals surface area contributed by atoms with Crippen molar-refractivity contribution in [3.8, 4) is 5.75 Å².